The molecule has 0 aromatic rings. The Balaban J connectivity index is 1.32. The van der Waals surface area contributed by atoms with Crippen LogP contribution in [0.25, 0.3) is 0 Å². The molecule has 0 spiro atoms. The maximum atomic E-state index is 11.8. The maximum Gasteiger partial charge on any atom is 0.397 e. The summed E-state index contributed by atoms with van der Waals surface area (Å²) in [6, 6.07) is 0.573. The van der Waals surface area contributed by atoms with Gasteiger partial charge in [-0.1, -0.05) is 34.6 Å². The summed E-state index contributed by atoms with van der Waals surface area (Å²) >= 11 is 0. The smallest absolute Gasteiger partial charge is 0.393 e. The van der Waals surface area contributed by atoms with Crippen molar-refractivity contribution in [1.29, 1.82) is 0 Å². The van der Waals surface area contributed by atoms with Crippen LogP contribution in [0.1, 0.15) is 118 Å². The van der Waals surface area contributed by atoms with Gasteiger partial charge in [0.1, 0.15) is 0 Å². The third kappa shape index (κ3) is 8.36. The fourth-order valence-corrected chi connectivity index (χ4v) is 11.3. The highest BCUT2D eigenvalue weighted by Gasteiger charge is 2.62. The predicted octanol–water partition coefficient (Wildman–Crippen LogP) is 5.55. The summed E-state index contributed by atoms with van der Waals surface area (Å²) in [5, 5.41) is 19.2. The van der Waals surface area contributed by atoms with Crippen molar-refractivity contribution in [3.05, 3.63) is 0 Å². The molecule has 9 heteroatoms. The van der Waals surface area contributed by atoms with Crippen LogP contribution in [0.4, 0.5) is 0 Å². The van der Waals surface area contributed by atoms with Crippen molar-refractivity contribution < 1.29 is 22.3 Å². The molecule has 4 aliphatic carbocycles. The lowest BCUT2D eigenvalue weighted by molar-refractivity contribution is -0.167. The molecule has 0 heterocycles. The lowest BCUT2D eigenvalue weighted by atomic mass is 9.43. The minimum Gasteiger partial charge on any atom is -0.393 e. The zero-order valence-corrected chi connectivity index (χ0v) is 28.7. The third-order valence-corrected chi connectivity index (χ3v) is 13.6. The SMILES string of the molecule is CC(C)C(CC[C@@H](C)[C@H]1CCC2C3C(CC[C@@]21C)[C@@]1(C)CC[C@H](NCCCNCCCCN)CC1C[C@H]3O)OS(=O)(=O)O. The van der Waals surface area contributed by atoms with Gasteiger partial charge >= 0.3 is 10.4 Å². The highest BCUT2D eigenvalue weighted by molar-refractivity contribution is 7.80. The number of aliphatic hydroxyl groups is 1. The Morgan fingerprint density at radius 2 is 1.60 bits per heavy atom. The molecule has 4 rings (SSSR count). The van der Waals surface area contributed by atoms with Crippen LogP contribution in [0.5, 0.6) is 0 Å². The van der Waals surface area contributed by atoms with Gasteiger partial charge in [0.2, 0.25) is 0 Å². The van der Waals surface area contributed by atoms with E-state index in [1.54, 1.807) is 0 Å². The summed E-state index contributed by atoms with van der Waals surface area (Å²) in [6.45, 7) is 15.3. The van der Waals surface area contributed by atoms with Crippen molar-refractivity contribution in [3.63, 3.8) is 0 Å². The molecule has 4 aliphatic rings. The average molecular weight is 628 g/mol. The van der Waals surface area contributed by atoms with E-state index in [4.69, 9.17) is 9.92 Å². The van der Waals surface area contributed by atoms with Crippen LogP contribution in [-0.2, 0) is 14.6 Å². The zero-order valence-electron chi connectivity index (χ0n) is 27.9. The molecule has 4 fully saturated rings. The Labute approximate surface area is 263 Å². The van der Waals surface area contributed by atoms with Crippen molar-refractivity contribution >= 4 is 10.4 Å². The van der Waals surface area contributed by atoms with Crippen LogP contribution in [0.15, 0.2) is 0 Å². The Hall–Kier alpha value is -0.290. The van der Waals surface area contributed by atoms with Crippen LogP contribution < -0.4 is 16.4 Å². The van der Waals surface area contributed by atoms with E-state index in [1.165, 1.54) is 44.9 Å². The third-order valence-electron chi connectivity index (χ3n) is 13.1. The molecule has 5 unspecified atom stereocenters. The normalized spacial score (nSPS) is 39.2. The van der Waals surface area contributed by atoms with Gasteiger partial charge in [0.05, 0.1) is 12.2 Å². The summed E-state index contributed by atoms with van der Waals surface area (Å²) in [4.78, 5) is 0. The highest BCUT2D eigenvalue weighted by atomic mass is 32.3. The molecule has 43 heavy (non-hydrogen) atoms. The summed E-state index contributed by atoms with van der Waals surface area (Å²) in [7, 11) is -4.45. The molecule has 0 aromatic heterocycles. The molecular weight excluding hydrogens is 562 g/mol. The van der Waals surface area contributed by atoms with E-state index in [2.05, 4.69) is 31.4 Å². The number of aliphatic hydroxyl groups excluding tert-OH is 1. The van der Waals surface area contributed by atoms with Crippen LogP contribution >= 0.6 is 0 Å². The van der Waals surface area contributed by atoms with Gasteiger partial charge in [-0.2, -0.15) is 8.42 Å². The lowest BCUT2D eigenvalue weighted by Gasteiger charge is -2.62. The number of nitrogens with two attached hydrogens (primary N) is 1. The average Bonchev–Trinajstić information content (AvgIpc) is 3.29. The molecule has 6 N–H and O–H groups in total. The molecular formula is C34H65N3O5S. The number of hydrogen-bond acceptors (Lipinski definition) is 7. The van der Waals surface area contributed by atoms with Gasteiger partial charge in [0.25, 0.3) is 0 Å². The first-order valence-electron chi connectivity index (χ1n) is 17.8. The fourth-order valence-electron chi connectivity index (χ4n) is 10.7. The molecule has 0 radical (unpaired) electrons. The van der Waals surface area contributed by atoms with Gasteiger partial charge in [-0.25, -0.2) is 4.18 Å². The molecule has 11 atom stereocenters. The molecule has 252 valence electrons. The van der Waals surface area contributed by atoms with Crippen LogP contribution in [0.3, 0.4) is 0 Å². The number of rotatable bonds is 16. The topological polar surface area (TPSA) is 134 Å². The second-order valence-corrected chi connectivity index (χ2v) is 17.0. The van der Waals surface area contributed by atoms with Gasteiger partial charge in [0.15, 0.2) is 0 Å². The standard InChI is InChI=1S/C34H65N3O5S/c1-23(2)31(42-43(39,40)41)12-9-24(3)27-10-11-28-32-29(14-16-34(27,28)5)33(4)15-13-26(21-25(33)22-30(32)38)37-20-8-19-36-18-7-6-17-35/h23-32,36-38H,6-22,35H2,1-5H3,(H,39,40,41)/t24-,25?,26+,27-,28?,29?,30-,31?,32?,33+,34-/m1/s1. The lowest BCUT2D eigenvalue weighted by Crippen LogP contribution is -2.59. The first-order chi connectivity index (χ1) is 20.3. The van der Waals surface area contributed by atoms with E-state index in [1.807, 2.05) is 13.8 Å². The zero-order chi connectivity index (χ0) is 31.4. The van der Waals surface area contributed by atoms with Crippen LogP contribution in [0.2, 0.25) is 0 Å². The summed E-state index contributed by atoms with van der Waals surface area (Å²) < 4.78 is 37.1. The largest absolute Gasteiger partial charge is 0.397 e. The van der Waals surface area contributed by atoms with Crippen LogP contribution in [0, 0.1) is 52.3 Å². The Morgan fingerprint density at radius 3 is 2.30 bits per heavy atom. The van der Waals surface area contributed by atoms with E-state index in [0.29, 0.717) is 53.4 Å². The number of fused-ring (bicyclic) bond motifs is 5. The molecule has 0 aromatic carbocycles. The summed E-state index contributed by atoms with van der Waals surface area (Å²) in [6.07, 6.45) is 13.7. The minimum atomic E-state index is -4.45. The van der Waals surface area contributed by atoms with Gasteiger partial charge < -0.3 is 21.5 Å². The minimum absolute atomic E-state index is 0.0152. The van der Waals surface area contributed by atoms with Crippen molar-refractivity contribution in [2.24, 2.45) is 58.0 Å². The van der Waals surface area contributed by atoms with E-state index < -0.39 is 16.5 Å². The summed E-state index contributed by atoms with van der Waals surface area (Å²) in [5.74, 6) is 3.21. The van der Waals surface area contributed by atoms with Crippen molar-refractivity contribution in [3.8, 4) is 0 Å². The second kappa shape index (κ2) is 15.1. The molecule has 0 aliphatic heterocycles. The highest BCUT2D eigenvalue weighted by Crippen LogP contribution is 2.68. The molecule has 4 saturated carbocycles. The first-order valence-corrected chi connectivity index (χ1v) is 19.1. The monoisotopic (exact) mass is 627 g/mol. The van der Waals surface area contributed by atoms with Crippen molar-refractivity contribution in [2.45, 2.75) is 136 Å². The Bertz CT molecular complexity index is 981. The van der Waals surface area contributed by atoms with Crippen LogP contribution in [-0.4, -0.2) is 62.5 Å². The van der Waals surface area contributed by atoms with Gasteiger partial charge in [-0.3, -0.25) is 4.55 Å². The maximum absolute atomic E-state index is 11.8. The number of hydrogen-bond donors (Lipinski definition) is 5. The van der Waals surface area contributed by atoms with Gasteiger partial charge in [0, 0.05) is 6.04 Å². The van der Waals surface area contributed by atoms with E-state index >= 15 is 0 Å². The summed E-state index contributed by atoms with van der Waals surface area (Å²) in [5.41, 5.74) is 6.13. The molecule has 0 saturated heterocycles. The quantitative estimate of drug-likeness (QED) is 0.111. The first kappa shape index (κ1) is 35.6. The predicted molar refractivity (Wildman–Crippen MR) is 174 cm³/mol. The molecule has 0 amide bonds. The Kier molecular flexibility index (Phi) is 12.5. The van der Waals surface area contributed by atoms with E-state index in [0.717, 1.165) is 58.3 Å². The Morgan fingerprint density at radius 1 is 0.907 bits per heavy atom. The second-order valence-electron chi connectivity index (χ2n) is 15.9. The van der Waals surface area contributed by atoms with Gasteiger partial charge in [-0.15, -0.1) is 0 Å². The van der Waals surface area contributed by atoms with E-state index in [-0.39, 0.29) is 17.4 Å². The van der Waals surface area contributed by atoms with Gasteiger partial charge in [-0.05, 0) is 162 Å². The molecule has 0 bridgehead atoms. The number of unbranched alkanes of at least 4 members (excludes halogenated alkanes) is 1. The fraction of sp³-hybridized carbons (Fsp3) is 1.00. The molecule has 8 nitrogen and oxygen atoms in total. The van der Waals surface area contributed by atoms with Crippen molar-refractivity contribution in [2.75, 3.05) is 26.2 Å². The van der Waals surface area contributed by atoms with E-state index in [9.17, 15) is 18.1 Å². The number of nitrogens with one attached hydrogen (secondary N) is 2. The van der Waals surface area contributed by atoms with Crippen molar-refractivity contribution in [1.82, 2.24) is 10.6 Å².